The fourth-order valence-electron chi connectivity index (χ4n) is 3.45. The van der Waals surface area contributed by atoms with Crippen molar-refractivity contribution in [1.29, 1.82) is 0 Å². The van der Waals surface area contributed by atoms with Crippen molar-refractivity contribution >= 4 is 21.7 Å². The molecule has 0 spiro atoms. The van der Waals surface area contributed by atoms with Crippen molar-refractivity contribution in [1.82, 2.24) is 0 Å². The van der Waals surface area contributed by atoms with Crippen LogP contribution in [-0.2, 0) is 21.2 Å². The molecule has 168 valence electrons. The zero-order valence-electron chi connectivity index (χ0n) is 18.7. The third-order valence-corrected chi connectivity index (χ3v) is 7.02. The molecule has 3 aromatic carbocycles. The van der Waals surface area contributed by atoms with E-state index in [1.54, 1.807) is 12.1 Å². The fourth-order valence-corrected chi connectivity index (χ4v) is 5.07. The molecule has 0 aliphatic heterocycles. The lowest BCUT2D eigenvalue weighted by atomic mass is 10.0. The van der Waals surface area contributed by atoms with E-state index in [-0.39, 0.29) is 17.2 Å². The molecule has 6 heteroatoms. The standard InChI is InChI=1S/C26H29NO4S/c1-19(2)18-27(32(30,31)25-15-4-20(3)5-16-25)24-13-11-23(12-14-24)22-9-6-21(7-10-22)8-17-26(28)29/h4-7,9-16,19H,8,17-18H2,1-3H3,(H,28,29). The Hall–Kier alpha value is -3.12. The van der Waals surface area contributed by atoms with Crippen LogP contribution < -0.4 is 4.31 Å². The van der Waals surface area contributed by atoms with Crippen LogP contribution in [0.2, 0.25) is 0 Å². The Morgan fingerprint density at radius 3 is 1.91 bits per heavy atom. The summed E-state index contributed by atoms with van der Waals surface area (Å²) in [6.07, 6.45) is 0.602. The largest absolute Gasteiger partial charge is 0.481 e. The van der Waals surface area contributed by atoms with Crippen LogP contribution >= 0.6 is 0 Å². The van der Waals surface area contributed by atoms with E-state index in [2.05, 4.69) is 0 Å². The molecule has 32 heavy (non-hydrogen) atoms. The molecule has 0 radical (unpaired) electrons. The maximum absolute atomic E-state index is 13.4. The number of nitrogens with zero attached hydrogens (tertiary/aromatic N) is 1. The molecule has 0 fully saturated rings. The lowest BCUT2D eigenvalue weighted by Gasteiger charge is -2.26. The van der Waals surface area contributed by atoms with Gasteiger partial charge in [-0.15, -0.1) is 0 Å². The third-order valence-electron chi connectivity index (χ3n) is 5.21. The Balaban J connectivity index is 1.86. The summed E-state index contributed by atoms with van der Waals surface area (Å²) in [5.41, 5.74) is 4.57. The molecule has 0 bridgehead atoms. The molecule has 1 N–H and O–H groups in total. The summed E-state index contributed by atoms with van der Waals surface area (Å²) in [4.78, 5) is 11.0. The Morgan fingerprint density at radius 1 is 0.875 bits per heavy atom. The molecular weight excluding hydrogens is 422 g/mol. The molecule has 0 aliphatic carbocycles. The Morgan fingerprint density at radius 2 is 1.41 bits per heavy atom. The number of carboxylic acids is 1. The van der Waals surface area contributed by atoms with Gasteiger partial charge in [0.2, 0.25) is 0 Å². The molecule has 0 heterocycles. The topological polar surface area (TPSA) is 74.7 Å². The second kappa shape index (κ2) is 10.0. The molecule has 0 atom stereocenters. The molecule has 0 saturated heterocycles. The predicted molar refractivity (Wildman–Crippen MR) is 128 cm³/mol. The number of aryl methyl sites for hydroxylation is 2. The van der Waals surface area contributed by atoms with Crippen molar-refractivity contribution in [3.8, 4) is 11.1 Å². The Bertz CT molecular complexity index is 1150. The number of hydrogen-bond acceptors (Lipinski definition) is 3. The molecule has 0 saturated carbocycles. The first kappa shape index (κ1) is 23.5. The van der Waals surface area contributed by atoms with E-state index < -0.39 is 16.0 Å². The number of carbonyl (C=O) groups is 1. The lowest BCUT2D eigenvalue weighted by Crippen LogP contribution is -2.34. The van der Waals surface area contributed by atoms with Gasteiger partial charge in [-0.1, -0.05) is 67.9 Å². The first-order valence-corrected chi connectivity index (χ1v) is 12.1. The van der Waals surface area contributed by atoms with Gasteiger partial charge in [0, 0.05) is 13.0 Å². The number of sulfonamides is 1. The molecule has 0 amide bonds. The van der Waals surface area contributed by atoms with Gasteiger partial charge < -0.3 is 5.11 Å². The van der Waals surface area contributed by atoms with Gasteiger partial charge in [0.05, 0.1) is 10.6 Å². The summed E-state index contributed by atoms with van der Waals surface area (Å²) in [5.74, 6) is -0.649. The van der Waals surface area contributed by atoms with Gasteiger partial charge in [0.25, 0.3) is 10.0 Å². The Labute approximate surface area is 190 Å². The molecule has 0 unspecified atom stereocenters. The summed E-state index contributed by atoms with van der Waals surface area (Å²) in [6, 6.07) is 22.2. The van der Waals surface area contributed by atoms with Crippen LogP contribution in [0.1, 0.15) is 31.4 Å². The third kappa shape index (κ3) is 5.77. The van der Waals surface area contributed by atoms with Crippen molar-refractivity contribution in [3.05, 3.63) is 83.9 Å². The highest BCUT2D eigenvalue weighted by atomic mass is 32.2. The van der Waals surface area contributed by atoms with Crippen LogP contribution in [0.25, 0.3) is 11.1 Å². The summed E-state index contributed by atoms with van der Waals surface area (Å²) in [5, 5.41) is 8.83. The second-order valence-electron chi connectivity index (χ2n) is 8.38. The average molecular weight is 452 g/mol. The number of hydrogen-bond donors (Lipinski definition) is 1. The van der Waals surface area contributed by atoms with Crippen molar-refractivity contribution in [2.24, 2.45) is 5.92 Å². The van der Waals surface area contributed by atoms with Crippen molar-refractivity contribution in [3.63, 3.8) is 0 Å². The summed E-state index contributed by atoms with van der Waals surface area (Å²) in [7, 11) is -3.68. The zero-order chi connectivity index (χ0) is 23.3. The highest BCUT2D eigenvalue weighted by Crippen LogP contribution is 2.28. The molecule has 3 aromatic rings. The lowest BCUT2D eigenvalue weighted by molar-refractivity contribution is -0.136. The van der Waals surface area contributed by atoms with Crippen LogP contribution in [0.5, 0.6) is 0 Å². The molecule has 5 nitrogen and oxygen atoms in total. The van der Waals surface area contributed by atoms with Gasteiger partial charge in [-0.3, -0.25) is 9.10 Å². The molecule has 0 aliphatic rings. The van der Waals surface area contributed by atoms with E-state index in [4.69, 9.17) is 5.11 Å². The van der Waals surface area contributed by atoms with E-state index in [0.29, 0.717) is 18.7 Å². The second-order valence-corrected chi connectivity index (χ2v) is 10.2. The number of rotatable bonds is 9. The van der Waals surface area contributed by atoms with Gasteiger partial charge in [0.1, 0.15) is 0 Å². The minimum atomic E-state index is -3.68. The van der Waals surface area contributed by atoms with E-state index >= 15 is 0 Å². The van der Waals surface area contributed by atoms with E-state index in [0.717, 1.165) is 22.3 Å². The van der Waals surface area contributed by atoms with Crippen LogP contribution in [-0.4, -0.2) is 26.0 Å². The maximum atomic E-state index is 13.4. The zero-order valence-corrected chi connectivity index (χ0v) is 19.5. The van der Waals surface area contributed by atoms with Gasteiger partial charge in [-0.2, -0.15) is 0 Å². The Kier molecular flexibility index (Phi) is 7.36. The van der Waals surface area contributed by atoms with Crippen molar-refractivity contribution in [2.75, 3.05) is 10.8 Å². The first-order valence-electron chi connectivity index (χ1n) is 10.7. The van der Waals surface area contributed by atoms with Crippen LogP contribution in [0.4, 0.5) is 5.69 Å². The van der Waals surface area contributed by atoms with Gasteiger partial charge in [-0.05, 0) is 60.2 Å². The van der Waals surface area contributed by atoms with Crippen LogP contribution in [0, 0.1) is 12.8 Å². The molecular formula is C26H29NO4S. The minimum Gasteiger partial charge on any atom is -0.481 e. The normalized spacial score (nSPS) is 11.5. The minimum absolute atomic E-state index is 0.106. The molecule has 3 rings (SSSR count). The van der Waals surface area contributed by atoms with E-state index in [1.165, 1.54) is 4.31 Å². The first-order chi connectivity index (χ1) is 15.2. The smallest absolute Gasteiger partial charge is 0.303 e. The SMILES string of the molecule is Cc1ccc(S(=O)(=O)N(CC(C)C)c2ccc(-c3ccc(CCC(=O)O)cc3)cc2)cc1. The monoisotopic (exact) mass is 451 g/mol. The summed E-state index contributed by atoms with van der Waals surface area (Å²) in [6.45, 7) is 6.31. The van der Waals surface area contributed by atoms with Gasteiger partial charge in [-0.25, -0.2) is 8.42 Å². The van der Waals surface area contributed by atoms with E-state index in [9.17, 15) is 13.2 Å². The highest BCUT2D eigenvalue weighted by Gasteiger charge is 2.25. The fraction of sp³-hybridized carbons (Fsp3) is 0.269. The van der Waals surface area contributed by atoms with Crippen LogP contribution in [0.15, 0.2) is 77.7 Å². The van der Waals surface area contributed by atoms with E-state index in [1.807, 2.05) is 81.4 Å². The van der Waals surface area contributed by atoms with Crippen molar-refractivity contribution < 1.29 is 18.3 Å². The summed E-state index contributed by atoms with van der Waals surface area (Å²) < 4.78 is 28.2. The number of anilines is 1. The average Bonchev–Trinajstić information content (AvgIpc) is 2.77. The predicted octanol–water partition coefficient (Wildman–Crippen LogP) is 5.53. The number of benzene rings is 3. The highest BCUT2D eigenvalue weighted by molar-refractivity contribution is 7.92. The number of carboxylic acid groups (broad SMARTS) is 1. The maximum Gasteiger partial charge on any atom is 0.303 e. The van der Waals surface area contributed by atoms with Gasteiger partial charge in [0.15, 0.2) is 0 Å². The summed E-state index contributed by atoms with van der Waals surface area (Å²) >= 11 is 0. The number of aliphatic carboxylic acids is 1. The van der Waals surface area contributed by atoms with Crippen LogP contribution in [0.3, 0.4) is 0 Å². The van der Waals surface area contributed by atoms with Gasteiger partial charge >= 0.3 is 5.97 Å². The molecule has 0 aromatic heterocycles. The quantitative estimate of drug-likeness (QED) is 0.464. The van der Waals surface area contributed by atoms with Crippen molar-refractivity contribution in [2.45, 2.75) is 38.5 Å².